The third-order valence-electron chi connectivity index (χ3n) is 2.52. The highest BCUT2D eigenvalue weighted by molar-refractivity contribution is 5.24. The predicted octanol–water partition coefficient (Wildman–Crippen LogP) is 2.33. The molecule has 15 heavy (non-hydrogen) atoms. The van der Waals surface area contributed by atoms with E-state index in [9.17, 15) is 0 Å². The van der Waals surface area contributed by atoms with E-state index < -0.39 is 0 Å². The van der Waals surface area contributed by atoms with Crippen LogP contribution in [0.1, 0.15) is 24.0 Å². The first-order chi connectivity index (χ1) is 7.27. The van der Waals surface area contributed by atoms with Crippen molar-refractivity contribution in [3.63, 3.8) is 0 Å². The molecule has 0 aromatic heterocycles. The molecule has 0 bridgehead atoms. The minimum atomic E-state index is 0.454. The quantitative estimate of drug-likeness (QED) is 0.773. The smallest absolute Gasteiger partial charge is 0.0546 e. The van der Waals surface area contributed by atoms with Crippen molar-refractivity contribution in [2.75, 3.05) is 26.8 Å². The summed E-state index contributed by atoms with van der Waals surface area (Å²) in [5.41, 5.74) is 2.65. The Labute approximate surface area is 92.6 Å². The Kier molecular flexibility index (Phi) is 5.37. The van der Waals surface area contributed by atoms with Gasteiger partial charge in [0.25, 0.3) is 0 Å². The molecule has 1 unspecified atom stereocenters. The van der Waals surface area contributed by atoms with Gasteiger partial charge in [-0.1, -0.05) is 29.8 Å². The summed E-state index contributed by atoms with van der Waals surface area (Å²) in [7, 11) is 1.98. The van der Waals surface area contributed by atoms with Crippen LogP contribution in [0.3, 0.4) is 0 Å². The lowest BCUT2D eigenvalue weighted by Crippen LogP contribution is -2.21. The van der Waals surface area contributed by atoms with Crippen LogP contribution < -0.4 is 5.32 Å². The number of aryl methyl sites for hydroxylation is 1. The van der Waals surface area contributed by atoms with Crippen molar-refractivity contribution in [3.8, 4) is 0 Å². The second-order valence-corrected chi connectivity index (χ2v) is 3.82. The van der Waals surface area contributed by atoms with E-state index in [4.69, 9.17) is 4.74 Å². The van der Waals surface area contributed by atoms with Crippen molar-refractivity contribution in [1.82, 2.24) is 5.32 Å². The fourth-order valence-corrected chi connectivity index (χ4v) is 1.62. The van der Waals surface area contributed by atoms with Gasteiger partial charge in [-0.05, 0) is 26.5 Å². The van der Waals surface area contributed by atoms with Crippen molar-refractivity contribution in [2.45, 2.75) is 19.8 Å². The summed E-state index contributed by atoms with van der Waals surface area (Å²) in [6.07, 6.45) is 0. The minimum absolute atomic E-state index is 0.454. The molecule has 0 amide bonds. The molecule has 0 saturated heterocycles. The number of hydrogen-bond donors (Lipinski definition) is 1. The van der Waals surface area contributed by atoms with E-state index in [1.165, 1.54) is 11.1 Å². The summed E-state index contributed by atoms with van der Waals surface area (Å²) >= 11 is 0. The molecule has 1 aromatic carbocycles. The number of rotatable bonds is 6. The lowest BCUT2D eigenvalue weighted by molar-refractivity contribution is 0.132. The molecule has 1 N–H and O–H groups in total. The topological polar surface area (TPSA) is 21.3 Å². The van der Waals surface area contributed by atoms with Crippen molar-refractivity contribution < 1.29 is 4.74 Å². The molecule has 0 heterocycles. The zero-order valence-corrected chi connectivity index (χ0v) is 9.92. The fourth-order valence-electron chi connectivity index (χ4n) is 1.62. The van der Waals surface area contributed by atoms with Crippen LogP contribution in [0.4, 0.5) is 0 Å². The largest absolute Gasteiger partial charge is 0.381 e. The Balaban J connectivity index is 2.65. The normalized spacial score (nSPS) is 12.7. The van der Waals surface area contributed by atoms with Crippen molar-refractivity contribution in [1.29, 1.82) is 0 Å². The number of hydrogen-bond acceptors (Lipinski definition) is 2. The SMILES string of the molecule is CCOCC(CNC)c1ccc(C)cc1. The number of nitrogens with one attached hydrogen (secondary N) is 1. The van der Waals surface area contributed by atoms with Gasteiger partial charge < -0.3 is 10.1 Å². The van der Waals surface area contributed by atoms with Gasteiger partial charge in [0.2, 0.25) is 0 Å². The fraction of sp³-hybridized carbons (Fsp3) is 0.538. The standard InChI is InChI=1S/C13H21NO/c1-4-15-10-13(9-14-3)12-7-5-11(2)6-8-12/h5-8,13-14H,4,9-10H2,1-3H3. The maximum Gasteiger partial charge on any atom is 0.0546 e. The molecule has 0 aliphatic heterocycles. The monoisotopic (exact) mass is 207 g/mol. The van der Waals surface area contributed by atoms with E-state index in [0.717, 1.165) is 19.8 Å². The first-order valence-corrected chi connectivity index (χ1v) is 5.56. The van der Waals surface area contributed by atoms with Gasteiger partial charge in [0.1, 0.15) is 0 Å². The van der Waals surface area contributed by atoms with Crippen LogP contribution in [-0.2, 0) is 4.74 Å². The number of benzene rings is 1. The van der Waals surface area contributed by atoms with Crippen LogP contribution in [0.25, 0.3) is 0 Å². The molecule has 0 radical (unpaired) electrons. The van der Waals surface area contributed by atoms with E-state index in [1.54, 1.807) is 0 Å². The average Bonchev–Trinajstić information content (AvgIpc) is 2.25. The van der Waals surface area contributed by atoms with Gasteiger partial charge in [0.05, 0.1) is 6.61 Å². The first kappa shape index (κ1) is 12.2. The van der Waals surface area contributed by atoms with Crippen LogP contribution in [-0.4, -0.2) is 26.8 Å². The van der Waals surface area contributed by atoms with Crippen LogP contribution in [0.5, 0.6) is 0 Å². The highest BCUT2D eigenvalue weighted by Gasteiger charge is 2.09. The second-order valence-electron chi connectivity index (χ2n) is 3.82. The van der Waals surface area contributed by atoms with E-state index in [2.05, 4.69) is 36.5 Å². The first-order valence-electron chi connectivity index (χ1n) is 5.56. The molecule has 84 valence electrons. The molecular formula is C13H21NO. The third kappa shape index (κ3) is 4.02. The molecule has 1 atom stereocenters. The molecule has 0 aliphatic rings. The minimum Gasteiger partial charge on any atom is -0.381 e. The van der Waals surface area contributed by atoms with Gasteiger partial charge in [-0.3, -0.25) is 0 Å². The summed E-state index contributed by atoms with van der Waals surface area (Å²) in [4.78, 5) is 0. The van der Waals surface area contributed by atoms with Crippen LogP contribution >= 0.6 is 0 Å². The van der Waals surface area contributed by atoms with Crippen molar-refractivity contribution >= 4 is 0 Å². The van der Waals surface area contributed by atoms with E-state index in [-0.39, 0.29) is 0 Å². The summed E-state index contributed by atoms with van der Waals surface area (Å²) in [5, 5.41) is 3.21. The summed E-state index contributed by atoms with van der Waals surface area (Å²) in [5.74, 6) is 0.454. The number of likely N-dealkylation sites (N-methyl/N-ethyl adjacent to an activating group) is 1. The zero-order valence-electron chi connectivity index (χ0n) is 9.92. The van der Waals surface area contributed by atoms with Crippen molar-refractivity contribution in [2.24, 2.45) is 0 Å². The average molecular weight is 207 g/mol. The van der Waals surface area contributed by atoms with Crippen molar-refractivity contribution in [3.05, 3.63) is 35.4 Å². The lowest BCUT2D eigenvalue weighted by Gasteiger charge is -2.16. The maximum absolute atomic E-state index is 5.49. The summed E-state index contributed by atoms with van der Waals surface area (Å²) in [6, 6.07) is 8.70. The molecule has 0 spiro atoms. The maximum atomic E-state index is 5.49. The molecule has 1 rings (SSSR count). The Hall–Kier alpha value is -0.860. The second kappa shape index (κ2) is 6.59. The van der Waals surface area contributed by atoms with Crippen LogP contribution in [0.15, 0.2) is 24.3 Å². The zero-order chi connectivity index (χ0) is 11.1. The Morgan fingerprint density at radius 1 is 1.27 bits per heavy atom. The Bertz CT molecular complexity index is 268. The third-order valence-corrected chi connectivity index (χ3v) is 2.52. The lowest BCUT2D eigenvalue weighted by atomic mass is 9.99. The van der Waals surface area contributed by atoms with Crippen LogP contribution in [0, 0.1) is 6.92 Å². The van der Waals surface area contributed by atoms with Gasteiger partial charge in [-0.25, -0.2) is 0 Å². The molecule has 2 heteroatoms. The van der Waals surface area contributed by atoms with Gasteiger partial charge in [0, 0.05) is 19.1 Å². The molecule has 0 aliphatic carbocycles. The predicted molar refractivity (Wildman–Crippen MR) is 64.3 cm³/mol. The summed E-state index contributed by atoms with van der Waals surface area (Å²) < 4.78 is 5.49. The van der Waals surface area contributed by atoms with Gasteiger partial charge in [-0.2, -0.15) is 0 Å². The molecule has 1 aromatic rings. The molecule has 0 saturated carbocycles. The van der Waals surface area contributed by atoms with Gasteiger partial charge in [-0.15, -0.1) is 0 Å². The highest BCUT2D eigenvalue weighted by Crippen LogP contribution is 2.16. The highest BCUT2D eigenvalue weighted by atomic mass is 16.5. The van der Waals surface area contributed by atoms with E-state index in [0.29, 0.717) is 5.92 Å². The van der Waals surface area contributed by atoms with E-state index in [1.807, 2.05) is 14.0 Å². The summed E-state index contributed by atoms with van der Waals surface area (Å²) in [6.45, 7) is 6.68. The molecule has 2 nitrogen and oxygen atoms in total. The van der Waals surface area contributed by atoms with Crippen LogP contribution in [0.2, 0.25) is 0 Å². The molecular weight excluding hydrogens is 186 g/mol. The Morgan fingerprint density at radius 3 is 2.47 bits per heavy atom. The number of ether oxygens (including phenoxy) is 1. The molecule has 0 fully saturated rings. The Morgan fingerprint density at radius 2 is 1.93 bits per heavy atom. The van der Waals surface area contributed by atoms with E-state index >= 15 is 0 Å². The van der Waals surface area contributed by atoms with Gasteiger partial charge in [0.15, 0.2) is 0 Å². The van der Waals surface area contributed by atoms with Gasteiger partial charge >= 0.3 is 0 Å².